The van der Waals surface area contributed by atoms with Gasteiger partial charge in [-0.05, 0) is 122 Å². The lowest BCUT2D eigenvalue weighted by atomic mass is 10.1. The molecular weight excluding hydrogens is 973 g/mol. The molecule has 1 unspecified atom stereocenters. The van der Waals surface area contributed by atoms with Crippen molar-refractivity contribution in [3.05, 3.63) is 146 Å². The first-order valence-corrected chi connectivity index (χ1v) is 32.3. The molecule has 0 spiro atoms. The minimum absolute atomic E-state index is 0.0874. The lowest BCUT2D eigenvalue weighted by Crippen LogP contribution is -2.30. The molecule has 0 aromatic heterocycles. The lowest BCUT2D eigenvalue weighted by molar-refractivity contribution is -0.167. The van der Waals surface area contributed by atoms with Gasteiger partial charge >= 0.3 is 17.9 Å². The first kappa shape index (κ1) is 74.3. The van der Waals surface area contributed by atoms with E-state index < -0.39 is 6.10 Å². The predicted octanol–water partition coefficient (Wildman–Crippen LogP) is 22.3. The molecule has 0 N–H and O–H groups in total. The molecule has 6 heteroatoms. The Morgan fingerprint density at radius 3 is 0.772 bits per heavy atom. The summed E-state index contributed by atoms with van der Waals surface area (Å²) < 4.78 is 16.8. The van der Waals surface area contributed by atoms with Crippen molar-refractivity contribution in [1.82, 2.24) is 0 Å². The van der Waals surface area contributed by atoms with E-state index in [1.807, 2.05) is 0 Å². The summed E-state index contributed by atoms with van der Waals surface area (Å²) in [5.74, 6) is -0.912. The molecule has 0 aliphatic rings. The fraction of sp³-hybridized carbons (Fsp3) is 0.630. The van der Waals surface area contributed by atoms with Crippen molar-refractivity contribution in [3.63, 3.8) is 0 Å². The van der Waals surface area contributed by atoms with Crippen LogP contribution in [-0.2, 0) is 28.6 Å². The van der Waals surface area contributed by atoms with Gasteiger partial charge in [-0.3, -0.25) is 14.4 Å². The van der Waals surface area contributed by atoms with E-state index in [-0.39, 0.29) is 31.1 Å². The summed E-state index contributed by atoms with van der Waals surface area (Å²) in [6.07, 6.45) is 94.4. The van der Waals surface area contributed by atoms with Crippen LogP contribution in [0.3, 0.4) is 0 Å². The Kier molecular flexibility index (Phi) is 61.9. The third-order valence-electron chi connectivity index (χ3n) is 13.3. The van der Waals surface area contributed by atoms with Crippen molar-refractivity contribution in [2.24, 2.45) is 0 Å². The summed E-state index contributed by atoms with van der Waals surface area (Å²) >= 11 is 0. The van der Waals surface area contributed by atoms with Gasteiger partial charge in [0.1, 0.15) is 13.2 Å². The van der Waals surface area contributed by atoms with Gasteiger partial charge < -0.3 is 14.2 Å². The Hall–Kier alpha value is -4.71. The van der Waals surface area contributed by atoms with Gasteiger partial charge in [-0.1, -0.05) is 282 Å². The molecule has 0 saturated carbocycles. The van der Waals surface area contributed by atoms with Crippen LogP contribution in [0.1, 0.15) is 278 Å². The molecule has 0 aromatic carbocycles. The highest BCUT2D eigenvalue weighted by Gasteiger charge is 2.19. The average Bonchev–Trinajstić information content (AvgIpc) is 3.45. The van der Waals surface area contributed by atoms with E-state index >= 15 is 0 Å². The maximum absolute atomic E-state index is 12.9. The minimum Gasteiger partial charge on any atom is -0.462 e. The van der Waals surface area contributed by atoms with Crippen molar-refractivity contribution >= 4 is 17.9 Å². The number of rotatable bonds is 57. The van der Waals surface area contributed by atoms with Crippen molar-refractivity contribution in [1.29, 1.82) is 0 Å². The van der Waals surface area contributed by atoms with E-state index in [1.165, 1.54) is 89.9 Å². The summed E-state index contributed by atoms with van der Waals surface area (Å²) in [6, 6.07) is 0. The summed E-state index contributed by atoms with van der Waals surface area (Å²) in [4.78, 5) is 38.1. The van der Waals surface area contributed by atoms with Crippen molar-refractivity contribution < 1.29 is 28.6 Å². The normalized spacial score (nSPS) is 13.1. The van der Waals surface area contributed by atoms with Crippen LogP contribution < -0.4 is 0 Å². The van der Waals surface area contributed by atoms with E-state index in [0.717, 1.165) is 148 Å². The van der Waals surface area contributed by atoms with E-state index in [1.54, 1.807) is 0 Å². The monoisotopic (exact) mass is 1090 g/mol. The van der Waals surface area contributed by atoms with Gasteiger partial charge in [0.25, 0.3) is 0 Å². The molecule has 0 aliphatic heterocycles. The van der Waals surface area contributed by atoms with Crippen molar-refractivity contribution in [2.45, 2.75) is 284 Å². The zero-order valence-electron chi connectivity index (χ0n) is 51.1. The van der Waals surface area contributed by atoms with Gasteiger partial charge in [0.05, 0.1) is 0 Å². The number of unbranched alkanes of at least 4 members (excludes halogenated alkanes) is 22. The third-order valence-corrected chi connectivity index (χ3v) is 13.3. The zero-order chi connectivity index (χ0) is 57.1. The van der Waals surface area contributed by atoms with Crippen LogP contribution in [0.25, 0.3) is 0 Å². The Bertz CT molecular complexity index is 1730. The molecule has 0 aromatic rings. The minimum atomic E-state index is -0.790. The average molecular weight is 1090 g/mol. The van der Waals surface area contributed by atoms with Crippen LogP contribution in [0.5, 0.6) is 0 Å². The molecule has 1 atom stereocenters. The highest BCUT2D eigenvalue weighted by molar-refractivity contribution is 5.71. The molecule has 0 fully saturated rings. The second-order valence-corrected chi connectivity index (χ2v) is 20.9. The Balaban J connectivity index is 4.21. The molecule has 0 bridgehead atoms. The number of carbonyl (C=O) groups is 3. The quantitative estimate of drug-likeness (QED) is 0.0261. The van der Waals surface area contributed by atoms with E-state index in [0.29, 0.717) is 19.3 Å². The first-order chi connectivity index (χ1) is 39.0. The van der Waals surface area contributed by atoms with Crippen LogP contribution in [0.15, 0.2) is 146 Å². The molecule has 0 amide bonds. The maximum atomic E-state index is 12.9. The number of hydrogen-bond acceptors (Lipinski definition) is 6. The van der Waals surface area contributed by atoms with Gasteiger partial charge in [-0.25, -0.2) is 0 Å². The zero-order valence-corrected chi connectivity index (χ0v) is 51.1. The van der Waals surface area contributed by atoms with Gasteiger partial charge in [0.15, 0.2) is 6.10 Å². The number of hydrogen-bond donors (Lipinski definition) is 0. The van der Waals surface area contributed by atoms with Gasteiger partial charge in [0.2, 0.25) is 0 Å². The van der Waals surface area contributed by atoms with Crippen LogP contribution in [0, 0.1) is 0 Å². The summed E-state index contributed by atoms with van der Waals surface area (Å²) in [6.45, 7) is 6.36. The SMILES string of the molecule is CC/C=C\C/C=C\C/C=C\C/C=C\C/C=C\C/C=C\C/C=C\CCCCCCCCCC(=O)OCC(COC(=O)CCCCCCCCC)OC(=O)CCCCCCCCCCC/C=C\C/C=C\C/C=C\C/C=C\C/C=C\CC. The second-order valence-electron chi connectivity index (χ2n) is 20.9. The Labute approximate surface area is 487 Å². The molecule has 0 rings (SSSR count). The molecular formula is C73H118O6. The Morgan fingerprint density at radius 2 is 0.494 bits per heavy atom. The van der Waals surface area contributed by atoms with Crippen molar-refractivity contribution in [3.8, 4) is 0 Å². The molecule has 0 aliphatic carbocycles. The van der Waals surface area contributed by atoms with Gasteiger partial charge in [-0.15, -0.1) is 0 Å². The van der Waals surface area contributed by atoms with E-state index in [2.05, 4.69) is 167 Å². The molecule has 446 valence electrons. The third kappa shape index (κ3) is 64.0. The van der Waals surface area contributed by atoms with Crippen LogP contribution in [-0.4, -0.2) is 37.2 Å². The summed E-state index contributed by atoms with van der Waals surface area (Å²) in [5.41, 5.74) is 0. The summed E-state index contributed by atoms with van der Waals surface area (Å²) in [7, 11) is 0. The van der Waals surface area contributed by atoms with E-state index in [4.69, 9.17) is 14.2 Å². The molecule has 0 radical (unpaired) electrons. The lowest BCUT2D eigenvalue weighted by Gasteiger charge is -2.18. The van der Waals surface area contributed by atoms with Gasteiger partial charge in [-0.2, -0.15) is 0 Å². The van der Waals surface area contributed by atoms with Crippen LogP contribution >= 0.6 is 0 Å². The predicted molar refractivity (Wildman–Crippen MR) is 343 cm³/mol. The second kappa shape index (κ2) is 65.8. The highest BCUT2D eigenvalue weighted by atomic mass is 16.6. The summed E-state index contributed by atoms with van der Waals surface area (Å²) in [5, 5.41) is 0. The first-order valence-electron chi connectivity index (χ1n) is 32.3. The maximum Gasteiger partial charge on any atom is 0.306 e. The number of allylic oxidation sites excluding steroid dienone is 24. The highest BCUT2D eigenvalue weighted by Crippen LogP contribution is 2.15. The smallest absolute Gasteiger partial charge is 0.306 e. The van der Waals surface area contributed by atoms with Crippen molar-refractivity contribution in [2.75, 3.05) is 13.2 Å². The van der Waals surface area contributed by atoms with Crippen LogP contribution in [0.4, 0.5) is 0 Å². The van der Waals surface area contributed by atoms with E-state index in [9.17, 15) is 14.4 Å². The number of esters is 3. The molecule has 0 heterocycles. The fourth-order valence-corrected chi connectivity index (χ4v) is 8.57. The van der Waals surface area contributed by atoms with Crippen LogP contribution in [0.2, 0.25) is 0 Å². The fourth-order valence-electron chi connectivity index (χ4n) is 8.57. The molecule has 0 saturated heterocycles. The number of carbonyl (C=O) groups excluding carboxylic acids is 3. The Morgan fingerprint density at radius 1 is 0.266 bits per heavy atom. The van der Waals surface area contributed by atoms with Gasteiger partial charge in [0, 0.05) is 19.3 Å². The molecule has 79 heavy (non-hydrogen) atoms. The standard InChI is InChI=1S/C73H118O6/c1-4-7-10-13-16-18-20-22-24-26-28-30-32-34-35-36-37-39-40-42-44-46-48-50-52-54-57-60-63-66-72(75)78-69-70(68-77-71(74)65-62-59-56-15-12-9-6-3)79-73(76)67-64-61-58-55-53-51-49-47-45-43-41-38-33-31-29-27-25-23-21-19-17-14-11-8-5-2/h7-8,10-11,16-19,22-25,28-31,34-35,37-39,41-42,44,70H,4-6,9,12-15,20-21,26-27,32-33,36,40,43,45-69H2,1-3H3/b10-7-,11-8-,18-16-,19-17-,24-22-,25-23-,30-28-,31-29-,35-34-,39-37-,41-38-,44-42-. The largest absolute Gasteiger partial charge is 0.462 e. The topological polar surface area (TPSA) is 78.9 Å². The number of ether oxygens (including phenoxy) is 3. The molecule has 6 nitrogen and oxygen atoms in total.